The number of nitrogens with one attached hydrogen (secondary N) is 2. The number of carbonyl (C=O) groups is 2. The van der Waals surface area contributed by atoms with Gasteiger partial charge in [-0.25, -0.2) is 5.01 Å². The normalized spacial score (nSPS) is 13.1. The van der Waals surface area contributed by atoms with Gasteiger partial charge in [0.25, 0.3) is 5.91 Å². The highest BCUT2D eigenvalue weighted by Crippen LogP contribution is 2.25. The number of amides is 2. The number of benzene rings is 2. The zero-order valence-electron chi connectivity index (χ0n) is 19.0. The zero-order chi connectivity index (χ0) is 23.1. The van der Waals surface area contributed by atoms with Crippen molar-refractivity contribution in [2.45, 2.75) is 26.4 Å². The van der Waals surface area contributed by atoms with Gasteiger partial charge in [0.05, 0.1) is 13.1 Å². The fourth-order valence-corrected chi connectivity index (χ4v) is 4.00. The van der Waals surface area contributed by atoms with E-state index < -0.39 is 0 Å². The number of hydrogen-bond acceptors (Lipinski definition) is 5. The number of aryl methyl sites for hydroxylation is 1. The van der Waals surface area contributed by atoms with Crippen LogP contribution in [0.1, 0.15) is 23.1 Å². The van der Waals surface area contributed by atoms with Crippen molar-refractivity contribution in [1.29, 1.82) is 0 Å². The molecule has 2 amide bonds. The van der Waals surface area contributed by atoms with Crippen LogP contribution in [0, 0.1) is 6.92 Å². The lowest BCUT2D eigenvalue weighted by atomic mass is 10.1. The molecule has 2 N–H and O–H groups in total. The van der Waals surface area contributed by atoms with Gasteiger partial charge in [-0.15, -0.1) is 0 Å². The van der Waals surface area contributed by atoms with Crippen LogP contribution in [0.2, 0.25) is 5.02 Å². The van der Waals surface area contributed by atoms with E-state index in [4.69, 9.17) is 11.6 Å². The molecule has 2 aromatic rings. The average Bonchev–Trinajstić information content (AvgIpc) is 3.22. The number of hydrazine groups is 1. The van der Waals surface area contributed by atoms with Gasteiger partial charge in [0.15, 0.2) is 0 Å². The highest BCUT2D eigenvalue weighted by Gasteiger charge is 2.25. The summed E-state index contributed by atoms with van der Waals surface area (Å²) >= 11 is 6.18. The standard InChI is InChI=1S/C24H32ClN5O2/c1-18-9-10-21(25)13-22(18)30(12-6-11-26-2)24(32)15-27-14-23(31)28(3)29-16-19-7-4-5-8-20(19)17-29/h4-5,7-10,13,26-27H,6,11-12,14-17H2,1-3H3. The monoisotopic (exact) mass is 457 g/mol. The van der Waals surface area contributed by atoms with Crippen molar-refractivity contribution < 1.29 is 9.59 Å². The van der Waals surface area contributed by atoms with Crippen molar-refractivity contribution in [3.63, 3.8) is 0 Å². The Kier molecular flexibility index (Phi) is 8.64. The minimum atomic E-state index is -0.0875. The fourth-order valence-electron chi connectivity index (χ4n) is 3.84. The fraction of sp³-hybridized carbons (Fsp3) is 0.417. The van der Waals surface area contributed by atoms with Gasteiger partial charge >= 0.3 is 0 Å². The largest absolute Gasteiger partial charge is 0.320 e. The molecule has 8 heteroatoms. The molecule has 0 aliphatic carbocycles. The molecular formula is C24H32ClN5O2. The van der Waals surface area contributed by atoms with E-state index >= 15 is 0 Å². The summed E-state index contributed by atoms with van der Waals surface area (Å²) in [6.45, 7) is 4.93. The van der Waals surface area contributed by atoms with Gasteiger partial charge in [-0.05, 0) is 55.8 Å². The highest BCUT2D eigenvalue weighted by molar-refractivity contribution is 6.31. The van der Waals surface area contributed by atoms with E-state index in [1.807, 2.05) is 49.3 Å². The predicted octanol–water partition coefficient (Wildman–Crippen LogP) is 2.57. The van der Waals surface area contributed by atoms with E-state index in [-0.39, 0.29) is 24.9 Å². The van der Waals surface area contributed by atoms with Crippen LogP contribution in [-0.4, -0.2) is 62.1 Å². The van der Waals surface area contributed by atoms with Gasteiger partial charge in [-0.1, -0.05) is 41.9 Å². The molecule has 172 valence electrons. The average molecular weight is 458 g/mol. The second-order valence-electron chi connectivity index (χ2n) is 8.05. The summed E-state index contributed by atoms with van der Waals surface area (Å²) in [5, 5.41) is 10.4. The minimum Gasteiger partial charge on any atom is -0.320 e. The van der Waals surface area contributed by atoms with E-state index in [9.17, 15) is 9.59 Å². The predicted molar refractivity (Wildman–Crippen MR) is 128 cm³/mol. The molecule has 1 heterocycles. The first-order valence-corrected chi connectivity index (χ1v) is 11.3. The molecule has 0 aromatic heterocycles. The van der Waals surface area contributed by atoms with Gasteiger partial charge in [-0.2, -0.15) is 0 Å². The lowest BCUT2D eigenvalue weighted by molar-refractivity contribution is -0.145. The van der Waals surface area contributed by atoms with E-state index in [0.29, 0.717) is 24.7 Å². The summed E-state index contributed by atoms with van der Waals surface area (Å²) in [6, 6.07) is 13.8. The van der Waals surface area contributed by atoms with E-state index in [1.165, 1.54) is 11.1 Å². The van der Waals surface area contributed by atoms with Crippen LogP contribution in [0.25, 0.3) is 0 Å². The van der Waals surface area contributed by atoms with Crippen molar-refractivity contribution in [3.05, 3.63) is 64.2 Å². The number of hydrogen-bond donors (Lipinski definition) is 2. The summed E-state index contributed by atoms with van der Waals surface area (Å²) < 4.78 is 0. The Morgan fingerprint density at radius 2 is 1.72 bits per heavy atom. The molecule has 0 unspecified atom stereocenters. The van der Waals surface area contributed by atoms with Crippen molar-refractivity contribution >= 4 is 29.1 Å². The smallest absolute Gasteiger partial charge is 0.250 e. The van der Waals surface area contributed by atoms with Crippen LogP contribution in [-0.2, 0) is 22.7 Å². The van der Waals surface area contributed by atoms with Crippen LogP contribution in [0.5, 0.6) is 0 Å². The molecule has 2 aromatic carbocycles. The zero-order valence-corrected chi connectivity index (χ0v) is 19.8. The van der Waals surface area contributed by atoms with E-state index in [0.717, 1.165) is 24.2 Å². The van der Waals surface area contributed by atoms with Crippen molar-refractivity contribution in [1.82, 2.24) is 20.7 Å². The molecule has 0 radical (unpaired) electrons. The summed E-state index contributed by atoms with van der Waals surface area (Å²) in [7, 11) is 3.66. The molecule has 0 bridgehead atoms. The maximum Gasteiger partial charge on any atom is 0.250 e. The number of anilines is 1. The maximum atomic E-state index is 13.0. The first kappa shape index (κ1) is 24.2. The number of fused-ring (bicyclic) bond motifs is 1. The number of halogens is 1. The Labute approximate surface area is 195 Å². The Bertz CT molecular complexity index is 927. The third-order valence-corrected chi connectivity index (χ3v) is 5.97. The molecule has 7 nitrogen and oxygen atoms in total. The van der Waals surface area contributed by atoms with Crippen molar-refractivity contribution in [2.75, 3.05) is 45.2 Å². The minimum absolute atomic E-state index is 0.0747. The molecule has 0 saturated carbocycles. The van der Waals surface area contributed by atoms with Crippen LogP contribution < -0.4 is 15.5 Å². The van der Waals surface area contributed by atoms with E-state index in [2.05, 4.69) is 22.8 Å². The summed E-state index contributed by atoms with van der Waals surface area (Å²) in [5.74, 6) is -0.165. The molecular weight excluding hydrogens is 426 g/mol. The second-order valence-corrected chi connectivity index (χ2v) is 8.48. The number of nitrogens with zero attached hydrogens (tertiary/aromatic N) is 3. The molecule has 1 aliphatic heterocycles. The Balaban J connectivity index is 1.55. The van der Waals surface area contributed by atoms with Gasteiger partial charge in [0.2, 0.25) is 5.91 Å². The number of carbonyl (C=O) groups excluding carboxylic acids is 2. The molecule has 1 aliphatic rings. The molecule has 0 spiro atoms. The molecule has 0 fully saturated rings. The van der Waals surface area contributed by atoms with Crippen LogP contribution in [0.4, 0.5) is 5.69 Å². The van der Waals surface area contributed by atoms with Gasteiger partial charge in [0, 0.05) is 37.4 Å². The second kappa shape index (κ2) is 11.4. The quantitative estimate of drug-likeness (QED) is 0.537. The first-order valence-electron chi connectivity index (χ1n) is 10.9. The summed E-state index contributed by atoms with van der Waals surface area (Å²) in [5.41, 5.74) is 4.27. The number of likely N-dealkylation sites (N-methyl/N-ethyl adjacent to an activating group) is 1. The Morgan fingerprint density at radius 3 is 2.38 bits per heavy atom. The third-order valence-electron chi connectivity index (χ3n) is 5.73. The lowest BCUT2D eigenvalue weighted by Gasteiger charge is -2.28. The highest BCUT2D eigenvalue weighted by atomic mass is 35.5. The van der Waals surface area contributed by atoms with Gasteiger partial charge in [0.1, 0.15) is 0 Å². The Hall–Kier alpha value is -2.45. The van der Waals surface area contributed by atoms with Gasteiger partial charge in [-0.3, -0.25) is 19.9 Å². The Morgan fingerprint density at radius 1 is 1.06 bits per heavy atom. The maximum absolute atomic E-state index is 13.0. The topological polar surface area (TPSA) is 67.9 Å². The first-order chi connectivity index (χ1) is 15.4. The van der Waals surface area contributed by atoms with Gasteiger partial charge < -0.3 is 10.2 Å². The number of rotatable bonds is 10. The van der Waals surface area contributed by atoms with Crippen LogP contribution in [0.3, 0.4) is 0 Å². The SMILES string of the molecule is CNCCCN(C(=O)CNCC(=O)N(C)N1Cc2ccccc2C1)c1cc(Cl)ccc1C. The van der Waals surface area contributed by atoms with Crippen LogP contribution in [0.15, 0.2) is 42.5 Å². The summed E-state index contributed by atoms with van der Waals surface area (Å²) in [4.78, 5) is 27.5. The molecule has 3 rings (SSSR count). The lowest BCUT2D eigenvalue weighted by Crippen LogP contribution is -2.47. The van der Waals surface area contributed by atoms with Crippen molar-refractivity contribution in [2.24, 2.45) is 0 Å². The van der Waals surface area contributed by atoms with Crippen LogP contribution >= 0.6 is 11.6 Å². The van der Waals surface area contributed by atoms with Crippen molar-refractivity contribution in [3.8, 4) is 0 Å². The molecule has 32 heavy (non-hydrogen) atoms. The van der Waals surface area contributed by atoms with E-state index in [1.54, 1.807) is 17.0 Å². The molecule has 0 atom stereocenters. The third kappa shape index (κ3) is 6.07. The summed E-state index contributed by atoms with van der Waals surface area (Å²) in [6.07, 6.45) is 0.811. The molecule has 0 saturated heterocycles.